The van der Waals surface area contributed by atoms with Crippen LogP contribution in [-0.2, 0) is 15.7 Å². The summed E-state index contributed by atoms with van der Waals surface area (Å²) < 4.78 is 49.7. The summed E-state index contributed by atoms with van der Waals surface area (Å²) in [6.45, 7) is 4.07. The van der Waals surface area contributed by atoms with Crippen molar-refractivity contribution in [2.45, 2.75) is 32.4 Å². The van der Waals surface area contributed by atoms with Crippen molar-refractivity contribution >= 4 is 0 Å². The van der Waals surface area contributed by atoms with E-state index in [-0.39, 0.29) is 5.56 Å². The Hall–Kier alpha value is -1.15. The Kier molecular flexibility index (Phi) is 6.41. The molecule has 20 heavy (non-hydrogen) atoms. The third kappa shape index (κ3) is 4.17. The Labute approximate surface area is 116 Å². The Balaban J connectivity index is 3.17. The lowest BCUT2D eigenvalue weighted by Gasteiger charge is -2.28. The number of benzene rings is 1. The summed E-state index contributed by atoms with van der Waals surface area (Å²) in [4.78, 5) is 0. The van der Waals surface area contributed by atoms with Gasteiger partial charge >= 0.3 is 6.18 Å². The molecule has 1 unspecified atom stereocenters. The van der Waals surface area contributed by atoms with Gasteiger partial charge < -0.3 is 9.47 Å². The van der Waals surface area contributed by atoms with E-state index in [1.807, 2.05) is 0 Å². The van der Waals surface area contributed by atoms with E-state index < -0.39 is 24.1 Å². The molecule has 1 rings (SSSR count). The maximum Gasteiger partial charge on any atom is 0.416 e. The van der Waals surface area contributed by atoms with Gasteiger partial charge in [0.2, 0.25) is 0 Å². The Morgan fingerprint density at radius 3 is 2.15 bits per heavy atom. The lowest BCUT2D eigenvalue weighted by Crippen LogP contribution is -2.40. The van der Waals surface area contributed by atoms with Crippen LogP contribution in [0.4, 0.5) is 13.2 Å². The highest BCUT2D eigenvalue weighted by atomic mass is 19.4. The summed E-state index contributed by atoms with van der Waals surface area (Å²) >= 11 is 0. The fourth-order valence-corrected chi connectivity index (χ4v) is 1.91. The molecule has 1 aromatic rings. The molecular weight excluding hydrogens is 273 g/mol. The molecule has 114 valence electrons. The minimum absolute atomic E-state index is 0.00519. The van der Waals surface area contributed by atoms with Crippen LogP contribution in [0.1, 0.15) is 31.0 Å². The smallest absolute Gasteiger partial charge is 0.351 e. The van der Waals surface area contributed by atoms with E-state index >= 15 is 0 Å². The molecule has 0 spiro atoms. The quantitative estimate of drug-likeness (QED) is 0.461. The number of nitrogens with two attached hydrogens (primary N) is 1. The molecule has 4 nitrogen and oxygen atoms in total. The van der Waals surface area contributed by atoms with Crippen LogP contribution in [0, 0.1) is 0 Å². The topological polar surface area (TPSA) is 56.5 Å². The molecule has 0 fully saturated rings. The zero-order valence-corrected chi connectivity index (χ0v) is 11.4. The molecule has 0 aliphatic carbocycles. The fourth-order valence-electron chi connectivity index (χ4n) is 1.91. The number of rotatable bonds is 7. The molecule has 1 atom stereocenters. The average Bonchev–Trinajstić information content (AvgIpc) is 2.39. The van der Waals surface area contributed by atoms with Crippen molar-refractivity contribution in [3.05, 3.63) is 35.4 Å². The lowest BCUT2D eigenvalue weighted by atomic mass is 9.99. The third-order valence-corrected chi connectivity index (χ3v) is 2.71. The standard InChI is InChI=1S/C13H19F3N2O2/c1-3-19-12(20-4-2)11(18-17)9-7-5-6-8-10(9)13(14,15)16/h5-8,11-12,18H,3-4,17H2,1-2H3. The van der Waals surface area contributed by atoms with E-state index in [9.17, 15) is 13.2 Å². The number of ether oxygens (including phenoxy) is 2. The van der Waals surface area contributed by atoms with Gasteiger partial charge in [-0.05, 0) is 25.5 Å². The van der Waals surface area contributed by atoms with Crippen LogP contribution in [-0.4, -0.2) is 19.5 Å². The maximum atomic E-state index is 13.0. The van der Waals surface area contributed by atoms with Crippen molar-refractivity contribution in [3.8, 4) is 0 Å². The van der Waals surface area contributed by atoms with Crippen molar-refractivity contribution in [2.75, 3.05) is 13.2 Å². The van der Waals surface area contributed by atoms with E-state index in [2.05, 4.69) is 5.43 Å². The highest BCUT2D eigenvalue weighted by Crippen LogP contribution is 2.35. The van der Waals surface area contributed by atoms with Gasteiger partial charge in [-0.25, -0.2) is 5.43 Å². The lowest BCUT2D eigenvalue weighted by molar-refractivity contribution is -0.159. The number of alkyl halides is 3. The van der Waals surface area contributed by atoms with E-state index in [0.29, 0.717) is 13.2 Å². The molecule has 7 heteroatoms. The molecule has 0 amide bonds. The van der Waals surface area contributed by atoms with E-state index in [1.165, 1.54) is 18.2 Å². The molecular formula is C13H19F3N2O2. The predicted molar refractivity (Wildman–Crippen MR) is 68.5 cm³/mol. The molecule has 0 aliphatic rings. The molecule has 0 bridgehead atoms. The molecule has 3 N–H and O–H groups in total. The summed E-state index contributed by atoms with van der Waals surface area (Å²) in [5, 5.41) is 0. The first-order chi connectivity index (χ1) is 9.45. The number of halogens is 3. The summed E-state index contributed by atoms with van der Waals surface area (Å²) in [7, 11) is 0. The van der Waals surface area contributed by atoms with Gasteiger partial charge in [0.25, 0.3) is 0 Å². The van der Waals surface area contributed by atoms with Crippen LogP contribution in [0.5, 0.6) is 0 Å². The third-order valence-electron chi connectivity index (χ3n) is 2.71. The van der Waals surface area contributed by atoms with Crippen molar-refractivity contribution in [1.82, 2.24) is 5.43 Å². The maximum absolute atomic E-state index is 13.0. The highest BCUT2D eigenvalue weighted by molar-refractivity contribution is 5.32. The van der Waals surface area contributed by atoms with Crippen LogP contribution in [0.2, 0.25) is 0 Å². The second-order valence-corrected chi connectivity index (χ2v) is 4.01. The van der Waals surface area contributed by atoms with E-state index in [4.69, 9.17) is 15.3 Å². The first-order valence-electron chi connectivity index (χ1n) is 6.31. The van der Waals surface area contributed by atoms with Crippen LogP contribution in [0.3, 0.4) is 0 Å². The summed E-state index contributed by atoms with van der Waals surface area (Å²) in [6, 6.07) is 4.31. The normalized spacial score (nSPS) is 13.8. The zero-order chi connectivity index (χ0) is 15.2. The van der Waals surface area contributed by atoms with Crippen molar-refractivity contribution in [3.63, 3.8) is 0 Å². The van der Waals surface area contributed by atoms with Crippen molar-refractivity contribution in [1.29, 1.82) is 0 Å². The molecule has 0 aromatic heterocycles. The number of nitrogens with one attached hydrogen (secondary N) is 1. The largest absolute Gasteiger partial charge is 0.416 e. The zero-order valence-electron chi connectivity index (χ0n) is 11.4. The SMILES string of the molecule is CCOC(OCC)C(NN)c1ccccc1C(F)(F)F. The number of hydrazine groups is 1. The van der Waals surface area contributed by atoms with Crippen molar-refractivity contribution < 1.29 is 22.6 Å². The Morgan fingerprint density at radius 1 is 1.15 bits per heavy atom. The second-order valence-electron chi connectivity index (χ2n) is 4.01. The molecule has 0 heterocycles. The highest BCUT2D eigenvalue weighted by Gasteiger charge is 2.37. The first kappa shape index (κ1) is 16.9. The van der Waals surface area contributed by atoms with Crippen LogP contribution >= 0.6 is 0 Å². The summed E-state index contributed by atoms with van der Waals surface area (Å²) in [5.41, 5.74) is 1.59. The van der Waals surface area contributed by atoms with Gasteiger partial charge in [0.1, 0.15) is 0 Å². The van der Waals surface area contributed by atoms with Gasteiger partial charge in [-0.2, -0.15) is 13.2 Å². The molecule has 0 saturated heterocycles. The predicted octanol–water partition coefficient (Wildman–Crippen LogP) is 2.61. The Morgan fingerprint density at radius 2 is 1.70 bits per heavy atom. The molecule has 0 aliphatic heterocycles. The molecule has 1 aromatic carbocycles. The summed E-state index contributed by atoms with van der Waals surface area (Å²) in [5.74, 6) is 5.40. The van der Waals surface area contributed by atoms with E-state index in [0.717, 1.165) is 6.07 Å². The summed E-state index contributed by atoms with van der Waals surface area (Å²) in [6.07, 6.45) is -5.35. The Bertz CT molecular complexity index is 407. The number of hydrogen-bond donors (Lipinski definition) is 2. The number of hydrogen-bond acceptors (Lipinski definition) is 4. The van der Waals surface area contributed by atoms with Gasteiger partial charge in [0.15, 0.2) is 6.29 Å². The van der Waals surface area contributed by atoms with Crippen molar-refractivity contribution in [2.24, 2.45) is 5.84 Å². The van der Waals surface area contributed by atoms with Crippen LogP contribution in [0.15, 0.2) is 24.3 Å². The minimum Gasteiger partial charge on any atom is -0.351 e. The van der Waals surface area contributed by atoms with Gasteiger partial charge in [-0.3, -0.25) is 5.84 Å². The van der Waals surface area contributed by atoms with Gasteiger partial charge in [-0.1, -0.05) is 18.2 Å². The monoisotopic (exact) mass is 292 g/mol. The van der Waals surface area contributed by atoms with Gasteiger partial charge in [0, 0.05) is 13.2 Å². The average molecular weight is 292 g/mol. The van der Waals surface area contributed by atoms with Gasteiger partial charge in [0.05, 0.1) is 11.6 Å². The van der Waals surface area contributed by atoms with Crippen LogP contribution in [0.25, 0.3) is 0 Å². The van der Waals surface area contributed by atoms with Gasteiger partial charge in [-0.15, -0.1) is 0 Å². The van der Waals surface area contributed by atoms with Crippen LogP contribution < -0.4 is 11.3 Å². The molecule has 0 radical (unpaired) electrons. The second kappa shape index (κ2) is 7.58. The minimum atomic E-state index is -4.46. The fraction of sp³-hybridized carbons (Fsp3) is 0.538. The van der Waals surface area contributed by atoms with E-state index in [1.54, 1.807) is 13.8 Å². The first-order valence-corrected chi connectivity index (χ1v) is 6.31. The molecule has 0 saturated carbocycles.